The highest BCUT2D eigenvalue weighted by molar-refractivity contribution is 6.36. The lowest BCUT2D eigenvalue weighted by Crippen LogP contribution is -2.45. The first-order valence-electron chi connectivity index (χ1n) is 4.55. The highest BCUT2D eigenvalue weighted by Crippen LogP contribution is 2.32. The number of hydrogen-bond donors (Lipinski definition) is 1. The molecule has 0 bridgehead atoms. The Labute approximate surface area is 81.9 Å². The van der Waals surface area contributed by atoms with Crippen LogP contribution in [0.15, 0.2) is 34.4 Å². The standard InChI is InChI=1S/C10H10N4/c1-14-9-5-3-2-4-7(9)12-8-6-11-13-10(8)14/h2-6,10,13H,1H3. The second-order valence-corrected chi connectivity index (χ2v) is 3.43. The second-order valence-electron chi connectivity index (χ2n) is 3.43. The monoisotopic (exact) mass is 186 g/mol. The predicted molar refractivity (Wildman–Crippen MR) is 57.4 cm³/mol. The number of anilines is 1. The maximum Gasteiger partial charge on any atom is 0.160 e. The van der Waals surface area contributed by atoms with E-state index in [0.29, 0.717) is 0 Å². The van der Waals surface area contributed by atoms with Crippen molar-refractivity contribution in [1.29, 1.82) is 0 Å². The molecule has 0 saturated heterocycles. The van der Waals surface area contributed by atoms with E-state index < -0.39 is 0 Å². The van der Waals surface area contributed by atoms with Crippen LogP contribution in [0, 0.1) is 0 Å². The number of nitrogens with zero attached hydrogens (tertiary/aromatic N) is 3. The van der Waals surface area contributed by atoms with E-state index in [0.717, 1.165) is 17.1 Å². The number of aliphatic imine (C=N–C) groups is 1. The Morgan fingerprint density at radius 1 is 1.36 bits per heavy atom. The maximum atomic E-state index is 4.52. The molecular formula is C10H10N4. The summed E-state index contributed by atoms with van der Waals surface area (Å²) < 4.78 is 0. The van der Waals surface area contributed by atoms with E-state index in [-0.39, 0.29) is 6.17 Å². The Hall–Kier alpha value is -1.84. The van der Waals surface area contributed by atoms with Gasteiger partial charge in [-0.15, -0.1) is 0 Å². The van der Waals surface area contributed by atoms with Crippen LogP contribution in [0.25, 0.3) is 0 Å². The summed E-state index contributed by atoms with van der Waals surface area (Å²) in [5.41, 5.74) is 6.14. The van der Waals surface area contributed by atoms with Gasteiger partial charge in [-0.1, -0.05) is 12.1 Å². The predicted octanol–water partition coefficient (Wildman–Crippen LogP) is 1.12. The highest BCUT2D eigenvalue weighted by atomic mass is 15.4. The zero-order valence-electron chi connectivity index (χ0n) is 7.81. The first kappa shape index (κ1) is 7.55. The lowest BCUT2D eigenvalue weighted by molar-refractivity contribution is 0.658. The third-order valence-corrected chi connectivity index (χ3v) is 2.57. The van der Waals surface area contributed by atoms with Gasteiger partial charge in [0.15, 0.2) is 6.17 Å². The molecule has 0 spiro atoms. The highest BCUT2D eigenvalue weighted by Gasteiger charge is 2.28. The van der Waals surface area contributed by atoms with Crippen LogP contribution in [0.5, 0.6) is 0 Å². The minimum absolute atomic E-state index is 0.102. The molecule has 0 aromatic heterocycles. The zero-order chi connectivity index (χ0) is 9.54. The number of hydrazone groups is 1. The van der Waals surface area contributed by atoms with Gasteiger partial charge in [-0.05, 0) is 12.1 Å². The SMILES string of the molecule is CN1c2ccccc2N=C2C=NNC21. The lowest BCUT2D eigenvalue weighted by atomic mass is 10.1. The van der Waals surface area contributed by atoms with Crippen molar-refractivity contribution in [3.05, 3.63) is 24.3 Å². The summed E-state index contributed by atoms with van der Waals surface area (Å²) in [6.07, 6.45) is 1.88. The van der Waals surface area contributed by atoms with Crippen molar-refractivity contribution in [2.45, 2.75) is 6.17 Å². The van der Waals surface area contributed by atoms with Crippen LogP contribution in [0.1, 0.15) is 0 Å². The molecule has 0 amide bonds. The summed E-state index contributed by atoms with van der Waals surface area (Å²) in [7, 11) is 2.04. The smallest absolute Gasteiger partial charge is 0.160 e. The Morgan fingerprint density at radius 3 is 3.14 bits per heavy atom. The summed E-state index contributed by atoms with van der Waals surface area (Å²) in [4.78, 5) is 6.66. The first-order chi connectivity index (χ1) is 6.86. The fourth-order valence-electron chi connectivity index (χ4n) is 1.82. The third-order valence-electron chi connectivity index (χ3n) is 2.57. The number of fused-ring (bicyclic) bond motifs is 2. The zero-order valence-corrected chi connectivity index (χ0v) is 7.81. The fraction of sp³-hybridized carbons (Fsp3) is 0.200. The quantitative estimate of drug-likeness (QED) is 0.659. The number of benzene rings is 1. The van der Waals surface area contributed by atoms with Gasteiger partial charge in [0.1, 0.15) is 5.71 Å². The molecule has 1 unspecified atom stereocenters. The van der Waals surface area contributed by atoms with E-state index >= 15 is 0 Å². The summed E-state index contributed by atoms with van der Waals surface area (Å²) >= 11 is 0. The molecule has 0 radical (unpaired) electrons. The molecule has 0 aliphatic carbocycles. The van der Waals surface area contributed by atoms with Gasteiger partial charge >= 0.3 is 0 Å². The van der Waals surface area contributed by atoms with Gasteiger partial charge < -0.3 is 4.90 Å². The van der Waals surface area contributed by atoms with Crippen molar-refractivity contribution in [2.75, 3.05) is 11.9 Å². The Bertz CT molecular complexity index is 436. The number of para-hydroxylation sites is 2. The molecule has 0 fully saturated rings. The molecule has 1 aromatic rings. The molecule has 4 nitrogen and oxygen atoms in total. The van der Waals surface area contributed by atoms with Crippen LogP contribution in [0.3, 0.4) is 0 Å². The molecule has 3 rings (SSSR count). The minimum Gasteiger partial charge on any atom is -0.346 e. The van der Waals surface area contributed by atoms with Crippen LogP contribution < -0.4 is 10.3 Å². The van der Waals surface area contributed by atoms with E-state index in [1.807, 2.05) is 25.2 Å². The second kappa shape index (κ2) is 2.57. The molecular weight excluding hydrogens is 176 g/mol. The van der Waals surface area contributed by atoms with Crippen molar-refractivity contribution in [1.82, 2.24) is 5.43 Å². The van der Waals surface area contributed by atoms with Crippen LogP contribution >= 0.6 is 0 Å². The number of hydrogen-bond acceptors (Lipinski definition) is 4. The molecule has 14 heavy (non-hydrogen) atoms. The molecule has 1 aromatic carbocycles. The Kier molecular flexibility index (Phi) is 1.39. The molecule has 70 valence electrons. The lowest BCUT2D eigenvalue weighted by Gasteiger charge is -2.30. The molecule has 2 aliphatic rings. The topological polar surface area (TPSA) is 40.0 Å². The van der Waals surface area contributed by atoms with Crippen molar-refractivity contribution < 1.29 is 0 Å². The van der Waals surface area contributed by atoms with Gasteiger partial charge in [0.2, 0.25) is 0 Å². The summed E-state index contributed by atoms with van der Waals surface area (Å²) in [6.45, 7) is 0. The average molecular weight is 186 g/mol. The van der Waals surface area contributed by atoms with Gasteiger partial charge in [-0.25, -0.2) is 4.99 Å². The average Bonchev–Trinajstić information content (AvgIpc) is 2.66. The van der Waals surface area contributed by atoms with Gasteiger partial charge in [0, 0.05) is 7.05 Å². The molecule has 2 aliphatic heterocycles. The van der Waals surface area contributed by atoms with Crippen molar-refractivity contribution in [3.63, 3.8) is 0 Å². The summed E-state index contributed by atoms with van der Waals surface area (Å²) in [5.74, 6) is 0. The van der Waals surface area contributed by atoms with E-state index in [2.05, 4.69) is 26.5 Å². The van der Waals surface area contributed by atoms with Crippen LogP contribution in [-0.2, 0) is 0 Å². The van der Waals surface area contributed by atoms with E-state index in [9.17, 15) is 0 Å². The van der Waals surface area contributed by atoms with Gasteiger partial charge in [0.25, 0.3) is 0 Å². The minimum atomic E-state index is 0.102. The Balaban J connectivity index is 2.19. The third kappa shape index (κ3) is 0.878. The normalized spacial score (nSPS) is 22.5. The number of rotatable bonds is 0. The molecule has 1 N–H and O–H groups in total. The Morgan fingerprint density at radius 2 is 2.21 bits per heavy atom. The van der Waals surface area contributed by atoms with E-state index in [1.165, 1.54) is 0 Å². The van der Waals surface area contributed by atoms with Gasteiger partial charge in [-0.2, -0.15) is 5.10 Å². The number of nitrogens with one attached hydrogen (secondary N) is 1. The van der Waals surface area contributed by atoms with E-state index in [1.54, 1.807) is 6.21 Å². The van der Waals surface area contributed by atoms with E-state index in [4.69, 9.17) is 0 Å². The first-order valence-corrected chi connectivity index (χ1v) is 4.55. The van der Waals surface area contributed by atoms with Crippen molar-refractivity contribution in [2.24, 2.45) is 10.1 Å². The summed E-state index contributed by atoms with van der Waals surface area (Å²) in [5, 5.41) is 4.01. The van der Waals surface area contributed by atoms with Crippen LogP contribution in [-0.4, -0.2) is 25.1 Å². The van der Waals surface area contributed by atoms with Crippen LogP contribution in [0.4, 0.5) is 11.4 Å². The van der Waals surface area contributed by atoms with Gasteiger partial charge in [0.05, 0.1) is 17.6 Å². The van der Waals surface area contributed by atoms with Crippen molar-refractivity contribution >= 4 is 23.3 Å². The largest absolute Gasteiger partial charge is 0.346 e. The summed E-state index contributed by atoms with van der Waals surface area (Å²) in [6, 6.07) is 8.10. The fourth-order valence-corrected chi connectivity index (χ4v) is 1.82. The molecule has 2 heterocycles. The maximum absolute atomic E-state index is 4.52. The van der Waals surface area contributed by atoms with Gasteiger partial charge in [-0.3, -0.25) is 5.43 Å². The van der Waals surface area contributed by atoms with Crippen molar-refractivity contribution in [3.8, 4) is 0 Å². The molecule has 0 saturated carbocycles. The molecule has 1 atom stereocenters. The molecule has 4 heteroatoms. The van der Waals surface area contributed by atoms with Crippen LogP contribution in [0.2, 0.25) is 0 Å².